The lowest BCUT2D eigenvalue weighted by atomic mass is 10.0. The van der Waals surface area contributed by atoms with Gasteiger partial charge in [0.2, 0.25) is 0 Å². The molecule has 0 radical (unpaired) electrons. The highest BCUT2D eigenvalue weighted by Crippen LogP contribution is 2.38. The molecule has 1 atom stereocenters. The molecule has 7 heteroatoms. The summed E-state index contributed by atoms with van der Waals surface area (Å²) in [6.45, 7) is 0. The number of fused-ring (bicyclic) bond motifs is 2. The summed E-state index contributed by atoms with van der Waals surface area (Å²) in [5.74, 6) is 0.661. The zero-order chi connectivity index (χ0) is 23.7. The van der Waals surface area contributed by atoms with E-state index in [4.69, 9.17) is 9.47 Å². The van der Waals surface area contributed by atoms with Crippen molar-refractivity contribution in [3.05, 3.63) is 77.0 Å². The van der Waals surface area contributed by atoms with Crippen LogP contribution in [0.3, 0.4) is 0 Å². The maximum absolute atomic E-state index is 15.3. The largest absolute Gasteiger partial charge is 0.495 e. The fourth-order valence-corrected chi connectivity index (χ4v) is 4.86. The Morgan fingerprint density at radius 1 is 1.09 bits per heavy atom. The molecule has 0 saturated heterocycles. The van der Waals surface area contributed by atoms with Gasteiger partial charge < -0.3 is 24.9 Å². The van der Waals surface area contributed by atoms with Crippen molar-refractivity contribution in [1.82, 2.24) is 9.97 Å². The summed E-state index contributed by atoms with van der Waals surface area (Å²) >= 11 is 0. The Bertz CT molecular complexity index is 1330. The molecule has 6 nitrogen and oxygen atoms in total. The number of para-hydroxylation sites is 1. The summed E-state index contributed by atoms with van der Waals surface area (Å²) in [5.41, 5.74) is 5.83. The Balaban J connectivity index is 1.32. The number of ether oxygens (including phenoxy) is 2. The van der Waals surface area contributed by atoms with E-state index in [1.54, 1.807) is 13.3 Å². The maximum Gasteiger partial charge on any atom is 0.178 e. The minimum absolute atomic E-state index is 0.193. The van der Waals surface area contributed by atoms with E-state index in [2.05, 4.69) is 21.4 Å². The molecule has 2 aromatic heterocycles. The van der Waals surface area contributed by atoms with E-state index in [1.165, 1.54) is 12.7 Å². The van der Waals surface area contributed by atoms with Crippen LogP contribution in [0.1, 0.15) is 41.3 Å². The van der Waals surface area contributed by atoms with Crippen molar-refractivity contribution < 1.29 is 19.0 Å². The summed E-state index contributed by atoms with van der Waals surface area (Å²) in [6, 6.07) is 11.5. The van der Waals surface area contributed by atoms with E-state index in [9.17, 15) is 5.11 Å². The van der Waals surface area contributed by atoms with Crippen molar-refractivity contribution in [1.29, 1.82) is 0 Å². The molecule has 5 rings (SSSR count). The molecular weight excluding hydrogens is 433 g/mol. The first kappa shape index (κ1) is 22.2. The number of methoxy groups -OCH3 is 2. The van der Waals surface area contributed by atoms with Crippen LogP contribution < -0.4 is 14.8 Å². The SMILES string of the molecule is COc1c(Nc2ccnc3c2CCC3O)ccc(CCCc2c[nH]c3c(OC)cccc23)c1F. The molecule has 1 aliphatic rings. The number of aromatic amines is 1. The zero-order valence-electron chi connectivity index (χ0n) is 19.3. The van der Waals surface area contributed by atoms with Crippen LogP contribution in [0.2, 0.25) is 0 Å². The van der Waals surface area contributed by atoms with Crippen LogP contribution in [0.4, 0.5) is 15.8 Å². The summed E-state index contributed by atoms with van der Waals surface area (Å²) < 4.78 is 26.2. The van der Waals surface area contributed by atoms with Gasteiger partial charge in [-0.2, -0.15) is 0 Å². The molecule has 0 amide bonds. The topological polar surface area (TPSA) is 79.4 Å². The van der Waals surface area contributed by atoms with Crippen molar-refractivity contribution in [3.8, 4) is 11.5 Å². The van der Waals surface area contributed by atoms with Gasteiger partial charge in [0.05, 0.1) is 37.2 Å². The molecule has 2 aromatic carbocycles. The number of nitrogens with one attached hydrogen (secondary N) is 2. The molecular formula is C27H28FN3O3. The lowest BCUT2D eigenvalue weighted by Gasteiger charge is -2.16. The molecule has 3 N–H and O–H groups in total. The predicted molar refractivity (Wildman–Crippen MR) is 131 cm³/mol. The maximum atomic E-state index is 15.3. The number of rotatable bonds is 8. The van der Waals surface area contributed by atoms with Crippen molar-refractivity contribution in [2.45, 2.75) is 38.2 Å². The van der Waals surface area contributed by atoms with Gasteiger partial charge in [0.15, 0.2) is 11.6 Å². The summed E-state index contributed by atoms with van der Waals surface area (Å²) in [4.78, 5) is 7.59. The molecule has 176 valence electrons. The average Bonchev–Trinajstić information content (AvgIpc) is 3.45. The van der Waals surface area contributed by atoms with Gasteiger partial charge in [-0.25, -0.2) is 4.39 Å². The number of aliphatic hydroxyl groups is 1. The number of pyridine rings is 1. The standard InChI is InChI=1S/C27H28FN3O3/c1-33-23-8-4-7-18-17(15-30-26(18)23)6-3-5-16-9-11-21(27(34-2)24(16)28)31-20-13-14-29-25-19(20)10-12-22(25)32/h4,7-9,11,13-15,22,30,32H,3,5-6,10,12H2,1-2H3,(H,29,31). The van der Waals surface area contributed by atoms with Crippen LogP contribution in [-0.2, 0) is 19.3 Å². The van der Waals surface area contributed by atoms with Crippen LogP contribution in [0.25, 0.3) is 10.9 Å². The molecule has 1 aliphatic carbocycles. The highest BCUT2D eigenvalue weighted by Gasteiger charge is 2.25. The highest BCUT2D eigenvalue weighted by molar-refractivity contribution is 5.88. The number of anilines is 2. The van der Waals surface area contributed by atoms with Crippen molar-refractivity contribution in [2.75, 3.05) is 19.5 Å². The Morgan fingerprint density at radius 3 is 2.76 bits per heavy atom. The summed E-state index contributed by atoms with van der Waals surface area (Å²) in [7, 11) is 3.14. The van der Waals surface area contributed by atoms with Crippen LogP contribution in [-0.4, -0.2) is 29.3 Å². The molecule has 2 heterocycles. The van der Waals surface area contributed by atoms with Gasteiger partial charge in [-0.1, -0.05) is 18.2 Å². The first-order valence-corrected chi connectivity index (χ1v) is 11.5. The summed E-state index contributed by atoms with van der Waals surface area (Å²) in [6.07, 6.45) is 6.71. The first-order chi connectivity index (χ1) is 16.6. The Kier molecular flexibility index (Phi) is 6.11. The molecule has 0 saturated carbocycles. The first-order valence-electron chi connectivity index (χ1n) is 11.5. The monoisotopic (exact) mass is 461 g/mol. The minimum atomic E-state index is -0.545. The minimum Gasteiger partial charge on any atom is -0.495 e. The predicted octanol–water partition coefficient (Wildman–Crippen LogP) is 5.62. The van der Waals surface area contributed by atoms with E-state index in [0.717, 1.165) is 47.2 Å². The molecule has 1 unspecified atom stereocenters. The Morgan fingerprint density at radius 2 is 1.94 bits per heavy atom. The smallest absolute Gasteiger partial charge is 0.178 e. The average molecular weight is 462 g/mol. The summed E-state index contributed by atoms with van der Waals surface area (Å²) in [5, 5.41) is 14.5. The third-order valence-corrected chi connectivity index (χ3v) is 6.60. The number of aryl methyl sites for hydroxylation is 2. The third-order valence-electron chi connectivity index (χ3n) is 6.60. The number of hydrogen-bond donors (Lipinski definition) is 3. The van der Waals surface area contributed by atoms with Gasteiger partial charge in [0.1, 0.15) is 5.75 Å². The lowest BCUT2D eigenvalue weighted by Crippen LogP contribution is -2.03. The van der Waals surface area contributed by atoms with E-state index in [1.807, 2.05) is 36.5 Å². The van der Waals surface area contributed by atoms with Gasteiger partial charge in [-0.3, -0.25) is 4.98 Å². The number of H-pyrrole nitrogens is 1. The number of nitrogens with zero attached hydrogens (tertiary/aromatic N) is 1. The third kappa shape index (κ3) is 3.96. The quantitative estimate of drug-likeness (QED) is 0.318. The number of aliphatic hydroxyl groups excluding tert-OH is 1. The molecule has 0 aliphatic heterocycles. The fraction of sp³-hybridized carbons (Fsp3) is 0.296. The number of halogens is 1. The Labute approximate surface area is 197 Å². The molecule has 0 fully saturated rings. The van der Waals surface area contributed by atoms with Crippen LogP contribution in [0, 0.1) is 5.82 Å². The fourth-order valence-electron chi connectivity index (χ4n) is 4.86. The second kappa shape index (κ2) is 9.35. The second-order valence-electron chi connectivity index (χ2n) is 8.57. The Hall–Kier alpha value is -3.58. The van der Waals surface area contributed by atoms with Gasteiger partial charge in [0, 0.05) is 23.5 Å². The second-order valence-corrected chi connectivity index (χ2v) is 8.57. The zero-order valence-corrected chi connectivity index (χ0v) is 19.3. The highest BCUT2D eigenvalue weighted by atomic mass is 19.1. The lowest BCUT2D eigenvalue weighted by molar-refractivity contribution is 0.176. The van der Waals surface area contributed by atoms with Crippen LogP contribution in [0.15, 0.2) is 48.8 Å². The van der Waals surface area contributed by atoms with Crippen LogP contribution in [0.5, 0.6) is 11.5 Å². The van der Waals surface area contributed by atoms with Gasteiger partial charge in [-0.15, -0.1) is 0 Å². The van der Waals surface area contributed by atoms with Gasteiger partial charge >= 0.3 is 0 Å². The normalized spacial score (nSPS) is 14.9. The number of hydrogen-bond acceptors (Lipinski definition) is 5. The van der Waals surface area contributed by atoms with Crippen molar-refractivity contribution >= 4 is 22.3 Å². The molecule has 4 aromatic rings. The van der Waals surface area contributed by atoms with Crippen molar-refractivity contribution in [2.24, 2.45) is 0 Å². The van der Waals surface area contributed by atoms with E-state index in [0.29, 0.717) is 29.8 Å². The molecule has 34 heavy (non-hydrogen) atoms. The van der Waals surface area contributed by atoms with Gasteiger partial charge in [-0.05, 0) is 67.0 Å². The molecule has 0 spiro atoms. The van der Waals surface area contributed by atoms with E-state index >= 15 is 4.39 Å². The molecule has 0 bridgehead atoms. The van der Waals surface area contributed by atoms with Crippen LogP contribution >= 0.6 is 0 Å². The van der Waals surface area contributed by atoms with E-state index < -0.39 is 6.10 Å². The number of aromatic nitrogens is 2. The van der Waals surface area contributed by atoms with Crippen molar-refractivity contribution in [3.63, 3.8) is 0 Å². The van der Waals surface area contributed by atoms with Gasteiger partial charge in [0.25, 0.3) is 0 Å². The number of benzene rings is 2. The van der Waals surface area contributed by atoms with E-state index in [-0.39, 0.29) is 11.6 Å².